The molecule has 3 aromatic rings. The fourth-order valence-electron chi connectivity index (χ4n) is 2.55. The van der Waals surface area contributed by atoms with E-state index in [0.717, 1.165) is 22.5 Å². The average molecular weight is 325 g/mol. The average Bonchev–Trinajstić information content (AvgIpc) is 3.21. The van der Waals surface area contributed by atoms with Crippen molar-refractivity contribution in [2.45, 2.75) is 33.2 Å². The summed E-state index contributed by atoms with van der Waals surface area (Å²) in [5, 5.41) is 11.0. The Balaban J connectivity index is 1.64. The normalized spacial score (nSPS) is 12.1. The molecule has 24 heavy (non-hydrogen) atoms. The van der Waals surface area contributed by atoms with Gasteiger partial charge in [0.1, 0.15) is 18.4 Å². The minimum absolute atomic E-state index is 0.0581. The van der Waals surface area contributed by atoms with E-state index >= 15 is 0 Å². The number of hydrogen-bond acceptors (Lipinski definition) is 5. The van der Waals surface area contributed by atoms with Crippen LogP contribution in [0.5, 0.6) is 0 Å². The van der Waals surface area contributed by atoms with Crippen molar-refractivity contribution in [2.75, 3.05) is 0 Å². The number of aryl methyl sites for hydroxylation is 2. The number of nitrogens with one attached hydrogen (secondary N) is 1. The molecule has 7 nitrogen and oxygen atoms in total. The van der Waals surface area contributed by atoms with Gasteiger partial charge in [-0.2, -0.15) is 5.10 Å². The molecule has 0 bridgehead atoms. The molecule has 0 unspecified atom stereocenters. The molecule has 0 spiro atoms. The standard InChI is InChI=1S/C17H19N5O2/c1-11(20-17(23)8-16-12(2)21-24-13(16)3)14-4-6-15(7-5-14)22-10-18-9-19-22/h4-7,9-11H,8H2,1-3H3,(H,20,23)/t11-/m0/s1. The Morgan fingerprint density at radius 2 is 2.04 bits per heavy atom. The second-order valence-corrected chi connectivity index (χ2v) is 5.70. The summed E-state index contributed by atoms with van der Waals surface area (Å²) in [4.78, 5) is 16.2. The maximum absolute atomic E-state index is 12.2. The smallest absolute Gasteiger partial charge is 0.225 e. The van der Waals surface area contributed by atoms with E-state index in [1.165, 1.54) is 6.33 Å². The van der Waals surface area contributed by atoms with Crippen molar-refractivity contribution >= 4 is 5.91 Å². The molecule has 2 aromatic heterocycles. The Labute approximate surface area is 139 Å². The maximum Gasteiger partial charge on any atom is 0.225 e. The fourth-order valence-corrected chi connectivity index (χ4v) is 2.55. The van der Waals surface area contributed by atoms with Crippen molar-refractivity contribution in [3.8, 4) is 5.69 Å². The zero-order chi connectivity index (χ0) is 17.1. The zero-order valence-electron chi connectivity index (χ0n) is 13.9. The number of rotatable bonds is 5. The molecule has 2 heterocycles. The Bertz CT molecular complexity index is 802. The highest BCUT2D eigenvalue weighted by Crippen LogP contribution is 2.17. The predicted octanol–water partition coefficient (Wildman–Crippen LogP) is 2.29. The SMILES string of the molecule is Cc1noc(C)c1CC(=O)N[C@@H](C)c1ccc(-n2cncn2)cc1. The van der Waals surface area contributed by atoms with Crippen LogP contribution in [-0.4, -0.2) is 25.8 Å². The molecule has 1 amide bonds. The van der Waals surface area contributed by atoms with Crippen LogP contribution in [-0.2, 0) is 11.2 Å². The quantitative estimate of drug-likeness (QED) is 0.778. The summed E-state index contributed by atoms with van der Waals surface area (Å²) in [6.07, 6.45) is 3.40. The van der Waals surface area contributed by atoms with Crippen LogP contribution >= 0.6 is 0 Å². The molecule has 0 aliphatic rings. The van der Waals surface area contributed by atoms with Gasteiger partial charge in [-0.05, 0) is 38.5 Å². The number of aromatic nitrogens is 4. The first kappa shape index (κ1) is 15.9. The van der Waals surface area contributed by atoms with E-state index in [-0.39, 0.29) is 18.4 Å². The molecular weight excluding hydrogens is 306 g/mol. The minimum atomic E-state index is -0.0947. The van der Waals surface area contributed by atoms with Gasteiger partial charge < -0.3 is 9.84 Å². The summed E-state index contributed by atoms with van der Waals surface area (Å²) >= 11 is 0. The third kappa shape index (κ3) is 3.34. The Morgan fingerprint density at radius 1 is 1.29 bits per heavy atom. The third-order valence-electron chi connectivity index (χ3n) is 3.97. The first-order chi connectivity index (χ1) is 11.5. The van der Waals surface area contributed by atoms with E-state index in [1.54, 1.807) is 11.0 Å². The molecule has 1 atom stereocenters. The van der Waals surface area contributed by atoms with Gasteiger partial charge >= 0.3 is 0 Å². The molecule has 0 radical (unpaired) electrons. The van der Waals surface area contributed by atoms with Crippen LogP contribution in [0.1, 0.15) is 35.5 Å². The monoisotopic (exact) mass is 325 g/mol. The van der Waals surface area contributed by atoms with Gasteiger partial charge in [-0.25, -0.2) is 9.67 Å². The van der Waals surface area contributed by atoms with Crippen LogP contribution in [0.15, 0.2) is 41.4 Å². The van der Waals surface area contributed by atoms with Gasteiger partial charge in [-0.15, -0.1) is 0 Å². The Morgan fingerprint density at radius 3 is 2.62 bits per heavy atom. The number of benzene rings is 1. The number of hydrogen-bond donors (Lipinski definition) is 1. The summed E-state index contributed by atoms with van der Waals surface area (Å²) < 4.78 is 6.78. The maximum atomic E-state index is 12.2. The highest BCUT2D eigenvalue weighted by molar-refractivity contribution is 5.79. The third-order valence-corrected chi connectivity index (χ3v) is 3.97. The Hall–Kier alpha value is -2.96. The van der Waals surface area contributed by atoms with Gasteiger partial charge in [-0.1, -0.05) is 17.3 Å². The number of carbonyl (C=O) groups excluding carboxylic acids is 1. The molecule has 0 aliphatic carbocycles. The van der Waals surface area contributed by atoms with Gasteiger partial charge in [0.05, 0.1) is 23.8 Å². The molecule has 0 saturated heterocycles. The summed E-state index contributed by atoms with van der Waals surface area (Å²) in [5.74, 6) is 0.629. The van der Waals surface area contributed by atoms with E-state index in [9.17, 15) is 4.79 Å². The zero-order valence-corrected chi connectivity index (χ0v) is 13.9. The minimum Gasteiger partial charge on any atom is -0.361 e. The van der Waals surface area contributed by atoms with Gasteiger partial charge in [0.25, 0.3) is 0 Å². The highest BCUT2D eigenvalue weighted by atomic mass is 16.5. The van der Waals surface area contributed by atoms with E-state index in [1.807, 2.05) is 45.0 Å². The molecule has 0 saturated carbocycles. The predicted molar refractivity (Wildman–Crippen MR) is 87.6 cm³/mol. The summed E-state index contributed by atoms with van der Waals surface area (Å²) in [6.45, 7) is 5.61. The van der Waals surface area contributed by atoms with Gasteiger partial charge in [0, 0.05) is 5.56 Å². The van der Waals surface area contributed by atoms with Crippen LogP contribution in [0.25, 0.3) is 5.69 Å². The van der Waals surface area contributed by atoms with Crippen molar-refractivity contribution in [3.63, 3.8) is 0 Å². The van der Waals surface area contributed by atoms with Gasteiger partial charge in [0.15, 0.2) is 0 Å². The summed E-state index contributed by atoms with van der Waals surface area (Å²) in [5.41, 5.74) is 3.55. The van der Waals surface area contributed by atoms with Crippen molar-refractivity contribution in [1.82, 2.24) is 25.2 Å². The first-order valence-electron chi connectivity index (χ1n) is 7.70. The number of nitrogens with zero attached hydrogens (tertiary/aromatic N) is 4. The van der Waals surface area contributed by atoms with Gasteiger partial charge in [-0.3, -0.25) is 4.79 Å². The molecule has 7 heteroatoms. The number of amides is 1. The molecule has 1 aromatic carbocycles. The largest absolute Gasteiger partial charge is 0.361 e. The molecule has 0 aliphatic heterocycles. The van der Waals surface area contributed by atoms with Crippen LogP contribution in [0.2, 0.25) is 0 Å². The van der Waals surface area contributed by atoms with E-state index in [4.69, 9.17) is 4.52 Å². The van der Waals surface area contributed by atoms with E-state index in [0.29, 0.717) is 5.76 Å². The fraction of sp³-hybridized carbons (Fsp3) is 0.294. The van der Waals surface area contributed by atoms with E-state index in [2.05, 4.69) is 20.6 Å². The van der Waals surface area contributed by atoms with Crippen LogP contribution < -0.4 is 5.32 Å². The molecule has 0 fully saturated rings. The molecule has 124 valence electrons. The summed E-state index contributed by atoms with van der Waals surface area (Å²) in [7, 11) is 0. The van der Waals surface area contributed by atoms with Crippen molar-refractivity contribution < 1.29 is 9.32 Å². The second-order valence-electron chi connectivity index (χ2n) is 5.70. The first-order valence-corrected chi connectivity index (χ1v) is 7.70. The molecule has 3 rings (SSSR count). The van der Waals surface area contributed by atoms with Crippen molar-refractivity contribution in [3.05, 3.63) is 59.5 Å². The second kappa shape index (κ2) is 6.66. The summed E-state index contributed by atoms with van der Waals surface area (Å²) in [6, 6.07) is 7.74. The van der Waals surface area contributed by atoms with Crippen LogP contribution in [0, 0.1) is 13.8 Å². The number of carbonyl (C=O) groups is 1. The van der Waals surface area contributed by atoms with E-state index < -0.39 is 0 Å². The molecule has 1 N–H and O–H groups in total. The van der Waals surface area contributed by atoms with Crippen molar-refractivity contribution in [2.24, 2.45) is 0 Å². The lowest BCUT2D eigenvalue weighted by Gasteiger charge is -2.15. The lowest BCUT2D eigenvalue weighted by Crippen LogP contribution is -2.28. The lowest BCUT2D eigenvalue weighted by atomic mass is 10.1. The van der Waals surface area contributed by atoms with Gasteiger partial charge in [0.2, 0.25) is 5.91 Å². The van der Waals surface area contributed by atoms with Crippen molar-refractivity contribution in [1.29, 1.82) is 0 Å². The highest BCUT2D eigenvalue weighted by Gasteiger charge is 2.15. The topological polar surface area (TPSA) is 85.8 Å². The Kier molecular flexibility index (Phi) is 4.41. The lowest BCUT2D eigenvalue weighted by molar-refractivity contribution is -0.121. The molecular formula is C17H19N5O2. The van der Waals surface area contributed by atoms with Crippen LogP contribution in [0.4, 0.5) is 0 Å². The van der Waals surface area contributed by atoms with Crippen LogP contribution in [0.3, 0.4) is 0 Å².